The highest BCUT2D eigenvalue weighted by Crippen LogP contribution is 2.56. The highest BCUT2D eigenvalue weighted by Gasteiger charge is 2.61. The zero-order chi connectivity index (χ0) is 27.9. The highest BCUT2D eigenvalue weighted by atomic mass is 32.2. The van der Waals surface area contributed by atoms with Gasteiger partial charge in [0.25, 0.3) is 0 Å². The molecule has 1 N–H and O–H groups in total. The van der Waals surface area contributed by atoms with E-state index in [1.165, 1.54) is 34.1 Å². The molecular weight excluding hydrogens is 523 g/mol. The number of rotatable bonds is 4. The van der Waals surface area contributed by atoms with Crippen molar-refractivity contribution < 1.29 is 27.1 Å². The van der Waals surface area contributed by atoms with Crippen LogP contribution in [0.5, 0.6) is 0 Å². The molecule has 1 aliphatic carbocycles. The van der Waals surface area contributed by atoms with Gasteiger partial charge in [0.1, 0.15) is 35.4 Å². The van der Waals surface area contributed by atoms with Crippen molar-refractivity contribution in [3.05, 3.63) is 88.7 Å². The largest absolute Gasteiger partial charge is 0.500 e. The molecule has 3 aliphatic heterocycles. The second-order valence-electron chi connectivity index (χ2n) is 10.4. The van der Waals surface area contributed by atoms with Crippen LogP contribution in [0.25, 0.3) is 0 Å². The third kappa shape index (κ3) is 3.63. The number of amides is 3. The molecule has 4 atom stereocenters. The number of ether oxygens (including phenoxy) is 1. The summed E-state index contributed by atoms with van der Waals surface area (Å²) in [6, 6.07) is 10.5. The van der Waals surface area contributed by atoms with Crippen LogP contribution in [-0.2, 0) is 19.4 Å². The van der Waals surface area contributed by atoms with Crippen molar-refractivity contribution in [1.29, 1.82) is 0 Å². The van der Waals surface area contributed by atoms with E-state index in [1.807, 2.05) is 19.9 Å². The number of allylic oxidation sites excluding steroid dienone is 1. The summed E-state index contributed by atoms with van der Waals surface area (Å²) >= 11 is 0. The van der Waals surface area contributed by atoms with Crippen molar-refractivity contribution >= 4 is 27.6 Å². The van der Waals surface area contributed by atoms with Gasteiger partial charge in [-0.3, -0.25) is 19.6 Å². The number of nitrogens with zero attached hydrogens (tertiary/aromatic N) is 3. The molecule has 0 bridgehead atoms. The summed E-state index contributed by atoms with van der Waals surface area (Å²) in [4.78, 5) is 35.2. The molecule has 1 saturated heterocycles. The van der Waals surface area contributed by atoms with E-state index in [-0.39, 0.29) is 23.3 Å². The van der Waals surface area contributed by atoms with Gasteiger partial charge >= 0.3 is 6.03 Å². The summed E-state index contributed by atoms with van der Waals surface area (Å²) in [6.07, 6.45) is 3.04. The minimum absolute atomic E-state index is 0.155. The van der Waals surface area contributed by atoms with E-state index in [0.717, 1.165) is 6.26 Å². The maximum atomic E-state index is 14.5. The van der Waals surface area contributed by atoms with Gasteiger partial charge < -0.3 is 10.1 Å². The number of hydrogen-bond acceptors (Lipinski definition) is 6. The van der Waals surface area contributed by atoms with Gasteiger partial charge in [-0.15, -0.1) is 0 Å². The maximum Gasteiger partial charge on any atom is 0.330 e. The Morgan fingerprint density at radius 3 is 2.49 bits per heavy atom. The smallest absolute Gasteiger partial charge is 0.330 e. The van der Waals surface area contributed by atoms with Crippen molar-refractivity contribution in [1.82, 2.24) is 15.1 Å². The van der Waals surface area contributed by atoms with E-state index in [1.54, 1.807) is 31.4 Å². The van der Waals surface area contributed by atoms with Gasteiger partial charge in [-0.05, 0) is 48.4 Å². The zero-order valence-electron chi connectivity index (χ0n) is 21.8. The lowest BCUT2D eigenvalue weighted by Crippen LogP contribution is -2.64. The zero-order valence-corrected chi connectivity index (χ0v) is 22.6. The van der Waals surface area contributed by atoms with Gasteiger partial charge in [0.2, 0.25) is 5.91 Å². The molecular formula is C28H27FN4O5S. The van der Waals surface area contributed by atoms with Crippen LogP contribution >= 0.6 is 0 Å². The third-order valence-electron chi connectivity index (χ3n) is 7.93. The number of aliphatic imine (C=N–C) groups is 1. The Labute approximate surface area is 225 Å². The van der Waals surface area contributed by atoms with E-state index < -0.39 is 39.2 Å². The molecule has 3 heterocycles. The molecule has 6 rings (SSSR count). The number of urea groups is 1. The van der Waals surface area contributed by atoms with E-state index in [9.17, 15) is 22.4 Å². The van der Waals surface area contributed by atoms with E-state index in [4.69, 9.17) is 9.73 Å². The molecule has 11 heteroatoms. The molecule has 2 aromatic carbocycles. The average molecular weight is 551 g/mol. The fourth-order valence-corrected chi connectivity index (χ4v) is 6.80. The number of methoxy groups -OCH3 is 1. The summed E-state index contributed by atoms with van der Waals surface area (Å²) in [5, 5.41) is 2.95. The van der Waals surface area contributed by atoms with Crippen LogP contribution in [0.15, 0.2) is 81.6 Å². The quantitative estimate of drug-likeness (QED) is 0.625. The molecule has 2 aromatic rings. The molecule has 202 valence electrons. The molecule has 1 fully saturated rings. The van der Waals surface area contributed by atoms with Crippen molar-refractivity contribution in [2.24, 2.45) is 16.3 Å². The Morgan fingerprint density at radius 2 is 1.85 bits per heavy atom. The molecule has 0 saturated carbocycles. The van der Waals surface area contributed by atoms with Crippen LogP contribution in [0.3, 0.4) is 0 Å². The number of amidine groups is 1. The van der Waals surface area contributed by atoms with E-state index >= 15 is 0 Å². The standard InChI is InChI=1S/C28H27FN4O5S/c1-15-12-20(38-3)28(2)25-22(15)30-21(34)14-32(25)27(35)33-24(17-6-5-7-18(29)13-17)23(31-26(28)33)16-8-10-19(11-9-16)39(4,36)37/h5-13,15,23-24H,14H2,1-4H3,(H,30,34). The molecule has 0 radical (unpaired) electrons. The van der Waals surface area contributed by atoms with Crippen LogP contribution in [0.1, 0.15) is 37.1 Å². The molecule has 4 unspecified atom stereocenters. The van der Waals surface area contributed by atoms with Gasteiger partial charge in [0.15, 0.2) is 9.84 Å². The SMILES string of the molecule is COC1=CC(C)C2=C3N(CC(=O)N2)C(=O)N2C(=NC(c4ccc(S(C)(=O)=O)cc4)C2c2cccc(F)c2)C13C. The third-order valence-corrected chi connectivity index (χ3v) is 9.06. The minimum Gasteiger partial charge on any atom is -0.500 e. The average Bonchev–Trinajstić information content (AvgIpc) is 3.30. The van der Waals surface area contributed by atoms with E-state index in [0.29, 0.717) is 34.1 Å². The van der Waals surface area contributed by atoms with Crippen molar-refractivity contribution in [2.75, 3.05) is 19.9 Å². The number of halogens is 1. The number of fused-ring (bicyclic) bond motifs is 2. The van der Waals surface area contributed by atoms with Gasteiger partial charge in [-0.1, -0.05) is 31.2 Å². The second-order valence-corrected chi connectivity index (χ2v) is 12.5. The first kappa shape index (κ1) is 25.3. The number of carbonyl (C=O) groups is 2. The van der Waals surface area contributed by atoms with Crippen LogP contribution < -0.4 is 5.32 Å². The molecule has 0 aromatic heterocycles. The molecule has 0 spiro atoms. The summed E-state index contributed by atoms with van der Waals surface area (Å²) in [5.41, 5.74) is 1.38. The molecule has 3 amide bonds. The predicted molar refractivity (Wildman–Crippen MR) is 140 cm³/mol. The number of sulfone groups is 1. The predicted octanol–water partition coefficient (Wildman–Crippen LogP) is 3.69. The van der Waals surface area contributed by atoms with Crippen LogP contribution in [0, 0.1) is 17.2 Å². The summed E-state index contributed by atoms with van der Waals surface area (Å²) in [7, 11) is -1.87. The summed E-state index contributed by atoms with van der Waals surface area (Å²) in [5.74, 6) is 0.0119. The van der Waals surface area contributed by atoms with Crippen molar-refractivity contribution in [2.45, 2.75) is 30.8 Å². The Morgan fingerprint density at radius 1 is 1.13 bits per heavy atom. The lowest BCUT2D eigenvalue weighted by atomic mass is 9.72. The normalized spacial score (nSPS) is 28.0. The summed E-state index contributed by atoms with van der Waals surface area (Å²) < 4.78 is 44.5. The Hall–Kier alpha value is -3.99. The maximum absolute atomic E-state index is 14.5. The minimum atomic E-state index is -3.43. The monoisotopic (exact) mass is 550 g/mol. The van der Waals surface area contributed by atoms with E-state index in [2.05, 4.69) is 5.32 Å². The number of carbonyl (C=O) groups excluding carboxylic acids is 2. The number of hydrogen-bond donors (Lipinski definition) is 1. The van der Waals surface area contributed by atoms with Gasteiger partial charge in [-0.25, -0.2) is 17.6 Å². The fourth-order valence-electron chi connectivity index (χ4n) is 6.17. The summed E-state index contributed by atoms with van der Waals surface area (Å²) in [6.45, 7) is 3.65. The first-order valence-corrected chi connectivity index (χ1v) is 14.4. The van der Waals surface area contributed by atoms with Gasteiger partial charge in [-0.2, -0.15) is 0 Å². The first-order valence-electron chi connectivity index (χ1n) is 12.5. The second kappa shape index (κ2) is 8.51. The van der Waals surface area contributed by atoms with Gasteiger partial charge in [0.05, 0.1) is 23.7 Å². The number of benzene rings is 2. The number of nitrogens with one attached hydrogen (secondary N) is 1. The van der Waals surface area contributed by atoms with Gasteiger partial charge in [0, 0.05) is 17.9 Å². The van der Waals surface area contributed by atoms with Crippen LogP contribution in [-0.4, -0.2) is 55.9 Å². The highest BCUT2D eigenvalue weighted by molar-refractivity contribution is 7.90. The molecule has 9 nitrogen and oxygen atoms in total. The van der Waals surface area contributed by atoms with Crippen molar-refractivity contribution in [3.63, 3.8) is 0 Å². The van der Waals surface area contributed by atoms with Crippen LogP contribution in [0.2, 0.25) is 0 Å². The topological polar surface area (TPSA) is 108 Å². The molecule has 39 heavy (non-hydrogen) atoms. The lowest BCUT2D eigenvalue weighted by molar-refractivity contribution is -0.122. The fraction of sp³-hybridized carbons (Fsp3) is 0.321. The lowest BCUT2D eigenvalue weighted by Gasteiger charge is -2.52. The Kier molecular flexibility index (Phi) is 5.52. The van der Waals surface area contributed by atoms with Crippen LogP contribution in [0.4, 0.5) is 9.18 Å². The Balaban J connectivity index is 1.60. The molecule has 4 aliphatic rings. The first-order chi connectivity index (χ1) is 18.4. The Bertz CT molecular complexity index is 1630. The van der Waals surface area contributed by atoms with Crippen molar-refractivity contribution in [3.8, 4) is 0 Å².